The molecule has 1 aromatic heterocycles. The minimum absolute atomic E-state index is 0.210. The summed E-state index contributed by atoms with van der Waals surface area (Å²) in [4.78, 5) is 4.64. The van der Waals surface area contributed by atoms with Gasteiger partial charge < -0.3 is 4.57 Å². The molecule has 0 radical (unpaired) electrons. The molecule has 0 aliphatic heterocycles. The molecule has 0 spiro atoms. The van der Waals surface area contributed by atoms with E-state index in [9.17, 15) is 0 Å². The number of imidazole rings is 1. The molecule has 0 bridgehead atoms. The van der Waals surface area contributed by atoms with Crippen LogP contribution in [0, 0.1) is 11.3 Å². The zero-order valence-electron chi connectivity index (χ0n) is 11.9. The Labute approximate surface area is 128 Å². The standard InChI is InChI=1S/C15H20BrClN2/c1-10(2)15(3,4)9-19-13-6-5-11(16)7-12(13)18-14(19)8-17/h5-7,10H,8-9H2,1-4H3. The lowest BCUT2D eigenvalue weighted by atomic mass is 9.81. The molecule has 0 saturated heterocycles. The Kier molecular flexibility index (Phi) is 4.26. The summed E-state index contributed by atoms with van der Waals surface area (Å²) in [6, 6.07) is 6.21. The van der Waals surface area contributed by atoms with E-state index < -0.39 is 0 Å². The predicted octanol–water partition coefficient (Wildman–Crippen LogP) is 5.22. The van der Waals surface area contributed by atoms with Gasteiger partial charge in [0, 0.05) is 11.0 Å². The fourth-order valence-corrected chi connectivity index (χ4v) is 2.57. The molecule has 0 aliphatic carbocycles. The van der Waals surface area contributed by atoms with Gasteiger partial charge in [0.2, 0.25) is 0 Å². The molecule has 2 aromatic rings. The Morgan fingerprint density at radius 1 is 1.37 bits per heavy atom. The Morgan fingerprint density at radius 2 is 2.05 bits per heavy atom. The number of hydrogen-bond donors (Lipinski definition) is 0. The second kappa shape index (κ2) is 5.45. The van der Waals surface area contributed by atoms with Gasteiger partial charge in [-0.2, -0.15) is 0 Å². The molecule has 1 aromatic carbocycles. The minimum Gasteiger partial charge on any atom is -0.326 e. The van der Waals surface area contributed by atoms with Crippen LogP contribution < -0.4 is 0 Å². The number of alkyl halides is 1. The molecule has 4 heteroatoms. The zero-order valence-corrected chi connectivity index (χ0v) is 14.2. The van der Waals surface area contributed by atoms with Crippen LogP contribution in [0.5, 0.6) is 0 Å². The van der Waals surface area contributed by atoms with Crippen molar-refractivity contribution < 1.29 is 0 Å². The van der Waals surface area contributed by atoms with Crippen LogP contribution in [0.3, 0.4) is 0 Å². The van der Waals surface area contributed by atoms with E-state index in [2.05, 4.69) is 65.3 Å². The largest absolute Gasteiger partial charge is 0.326 e. The molecule has 0 saturated carbocycles. The first-order valence-corrected chi connectivity index (χ1v) is 7.88. The van der Waals surface area contributed by atoms with Gasteiger partial charge in [-0.3, -0.25) is 0 Å². The van der Waals surface area contributed by atoms with Crippen LogP contribution in [0.2, 0.25) is 0 Å². The van der Waals surface area contributed by atoms with Gasteiger partial charge in [0.1, 0.15) is 5.82 Å². The van der Waals surface area contributed by atoms with Crippen LogP contribution in [0.25, 0.3) is 11.0 Å². The molecule has 2 nitrogen and oxygen atoms in total. The highest BCUT2D eigenvalue weighted by Gasteiger charge is 2.25. The Bertz CT molecular complexity index is 587. The Balaban J connectivity index is 2.52. The highest BCUT2D eigenvalue weighted by molar-refractivity contribution is 9.10. The molecule has 0 aliphatic rings. The molecular formula is C15H20BrClN2. The van der Waals surface area contributed by atoms with Crippen LogP contribution >= 0.6 is 27.5 Å². The van der Waals surface area contributed by atoms with E-state index >= 15 is 0 Å². The van der Waals surface area contributed by atoms with Crippen molar-refractivity contribution in [3.05, 3.63) is 28.5 Å². The lowest BCUT2D eigenvalue weighted by Crippen LogP contribution is -2.26. The fraction of sp³-hybridized carbons (Fsp3) is 0.533. The van der Waals surface area contributed by atoms with Crippen molar-refractivity contribution in [1.29, 1.82) is 0 Å². The maximum absolute atomic E-state index is 6.06. The SMILES string of the molecule is CC(C)C(C)(C)Cn1c(CCl)nc2cc(Br)ccc21. The van der Waals surface area contributed by atoms with Crippen molar-refractivity contribution in [1.82, 2.24) is 9.55 Å². The summed E-state index contributed by atoms with van der Waals surface area (Å²) in [5, 5.41) is 0. The van der Waals surface area contributed by atoms with Crippen molar-refractivity contribution in [3.63, 3.8) is 0 Å². The predicted molar refractivity (Wildman–Crippen MR) is 85.6 cm³/mol. The highest BCUT2D eigenvalue weighted by atomic mass is 79.9. The summed E-state index contributed by atoms with van der Waals surface area (Å²) in [5.41, 5.74) is 2.37. The molecule has 0 unspecified atom stereocenters. The lowest BCUT2D eigenvalue weighted by molar-refractivity contribution is 0.211. The highest BCUT2D eigenvalue weighted by Crippen LogP contribution is 2.31. The summed E-state index contributed by atoms with van der Waals surface area (Å²) in [7, 11) is 0. The van der Waals surface area contributed by atoms with Gasteiger partial charge in [-0.1, -0.05) is 43.6 Å². The average Bonchev–Trinajstić information content (AvgIpc) is 2.65. The average molecular weight is 344 g/mol. The van der Waals surface area contributed by atoms with E-state index in [1.54, 1.807) is 0 Å². The van der Waals surface area contributed by atoms with E-state index in [0.717, 1.165) is 27.9 Å². The first-order chi connectivity index (χ1) is 8.85. The van der Waals surface area contributed by atoms with Crippen LogP contribution in [0.15, 0.2) is 22.7 Å². The summed E-state index contributed by atoms with van der Waals surface area (Å²) in [6.45, 7) is 10.0. The molecule has 0 atom stereocenters. The van der Waals surface area contributed by atoms with Gasteiger partial charge in [0.15, 0.2) is 0 Å². The summed E-state index contributed by atoms with van der Waals surface area (Å²) < 4.78 is 3.31. The number of aromatic nitrogens is 2. The molecule has 0 N–H and O–H groups in total. The first kappa shape index (κ1) is 14.9. The maximum Gasteiger partial charge on any atom is 0.124 e. The number of halogens is 2. The lowest BCUT2D eigenvalue weighted by Gasteiger charge is -2.30. The van der Waals surface area contributed by atoms with E-state index in [1.807, 2.05) is 6.07 Å². The topological polar surface area (TPSA) is 17.8 Å². The van der Waals surface area contributed by atoms with Gasteiger partial charge in [-0.25, -0.2) is 4.98 Å². The van der Waals surface area contributed by atoms with Crippen LogP contribution in [-0.4, -0.2) is 9.55 Å². The van der Waals surface area contributed by atoms with Crippen molar-refractivity contribution >= 4 is 38.6 Å². The number of rotatable bonds is 4. The maximum atomic E-state index is 6.06. The zero-order chi connectivity index (χ0) is 14.2. The van der Waals surface area contributed by atoms with Gasteiger partial charge in [0.25, 0.3) is 0 Å². The third-order valence-electron chi connectivity index (χ3n) is 4.04. The van der Waals surface area contributed by atoms with E-state index in [1.165, 1.54) is 0 Å². The minimum atomic E-state index is 0.210. The molecule has 1 heterocycles. The third-order valence-corrected chi connectivity index (χ3v) is 4.77. The second-order valence-electron chi connectivity index (χ2n) is 6.02. The van der Waals surface area contributed by atoms with Gasteiger partial charge >= 0.3 is 0 Å². The number of hydrogen-bond acceptors (Lipinski definition) is 1. The van der Waals surface area contributed by atoms with Crippen LogP contribution in [-0.2, 0) is 12.4 Å². The van der Waals surface area contributed by atoms with E-state index in [-0.39, 0.29) is 5.41 Å². The molecule has 104 valence electrons. The Hall–Kier alpha value is -0.540. The third kappa shape index (κ3) is 2.97. The number of benzene rings is 1. The summed E-state index contributed by atoms with van der Waals surface area (Å²) >= 11 is 9.55. The van der Waals surface area contributed by atoms with Crippen molar-refractivity contribution in [2.75, 3.05) is 0 Å². The number of nitrogens with zero attached hydrogens (tertiary/aromatic N) is 2. The number of fused-ring (bicyclic) bond motifs is 1. The van der Waals surface area contributed by atoms with Gasteiger partial charge in [0.05, 0.1) is 16.9 Å². The quantitative estimate of drug-likeness (QED) is 0.696. The van der Waals surface area contributed by atoms with Crippen molar-refractivity contribution in [3.8, 4) is 0 Å². The van der Waals surface area contributed by atoms with E-state index in [0.29, 0.717) is 11.8 Å². The molecule has 0 fully saturated rings. The molecule has 0 amide bonds. The molecule has 2 rings (SSSR count). The van der Waals surface area contributed by atoms with Crippen LogP contribution in [0.4, 0.5) is 0 Å². The molecule has 19 heavy (non-hydrogen) atoms. The summed E-state index contributed by atoms with van der Waals surface area (Å²) in [6.07, 6.45) is 0. The monoisotopic (exact) mass is 342 g/mol. The van der Waals surface area contributed by atoms with Gasteiger partial charge in [-0.15, -0.1) is 11.6 Å². The van der Waals surface area contributed by atoms with Crippen molar-refractivity contribution in [2.24, 2.45) is 11.3 Å². The summed E-state index contributed by atoms with van der Waals surface area (Å²) in [5.74, 6) is 1.99. The fourth-order valence-electron chi connectivity index (χ4n) is 2.02. The first-order valence-electron chi connectivity index (χ1n) is 6.56. The van der Waals surface area contributed by atoms with Gasteiger partial charge in [-0.05, 0) is 29.5 Å². The van der Waals surface area contributed by atoms with E-state index in [4.69, 9.17) is 11.6 Å². The Morgan fingerprint density at radius 3 is 2.63 bits per heavy atom. The normalized spacial score (nSPS) is 12.6. The second-order valence-corrected chi connectivity index (χ2v) is 7.21. The molecular weight excluding hydrogens is 324 g/mol. The van der Waals surface area contributed by atoms with Crippen molar-refractivity contribution in [2.45, 2.75) is 40.1 Å². The van der Waals surface area contributed by atoms with Crippen LogP contribution in [0.1, 0.15) is 33.5 Å². The smallest absolute Gasteiger partial charge is 0.124 e.